The highest BCUT2D eigenvalue weighted by atomic mass is 16.5. The van der Waals surface area contributed by atoms with Crippen LogP contribution in [0, 0.1) is 12.8 Å². The Morgan fingerprint density at radius 1 is 1.33 bits per heavy atom. The lowest BCUT2D eigenvalue weighted by Crippen LogP contribution is -2.55. The number of hydrogen-bond acceptors (Lipinski definition) is 5. The first-order valence-corrected chi connectivity index (χ1v) is 8.75. The molecule has 0 bridgehead atoms. The third kappa shape index (κ3) is 2.70. The largest absolute Gasteiger partial charge is 0.364 e. The SMILES string of the molecule is Cc1oncc1C(=O)N1C[C@@H]2[C@@H](C1)OCC(=O)N2CC1CCCC1. The van der Waals surface area contributed by atoms with E-state index in [0.717, 1.165) is 6.54 Å². The van der Waals surface area contributed by atoms with E-state index >= 15 is 0 Å². The molecule has 3 heterocycles. The molecule has 1 saturated carbocycles. The van der Waals surface area contributed by atoms with Crippen molar-refractivity contribution >= 4 is 11.8 Å². The number of aromatic nitrogens is 1. The van der Waals surface area contributed by atoms with E-state index in [1.54, 1.807) is 11.8 Å². The summed E-state index contributed by atoms with van der Waals surface area (Å²) in [5.74, 6) is 1.08. The molecule has 1 aliphatic carbocycles. The summed E-state index contributed by atoms with van der Waals surface area (Å²) in [5.41, 5.74) is 0.488. The van der Waals surface area contributed by atoms with E-state index in [1.165, 1.54) is 31.9 Å². The summed E-state index contributed by atoms with van der Waals surface area (Å²) < 4.78 is 10.7. The van der Waals surface area contributed by atoms with Crippen LogP contribution in [0.25, 0.3) is 0 Å². The van der Waals surface area contributed by atoms with Gasteiger partial charge in [-0.2, -0.15) is 0 Å². The number of hydrogen-bond donors (Lipinski definition) is 0. The smallest absolute Gasteiger partial charge is 0.259 e. The molecule has 0 aromatic carbocycles. The molecule has 1 aromatic rings. The first kappa shape index (κ1) is 15.6. The molecule has 0 N–H and O–H groups in total. The first-order chi connectivity index (χ1) is 11.6. The monoisotopic (exact) mass is 333 g/mol. The number of amides is 2. The molecule has 2 saturated heterocycles. The zero-order valence-electron chi connectivity index (χ0n) is 13.9. The minimum absolute atomic E-state index is 0.0315. The lowest BCUT2D eigenvalue weighted by atomic mass is 10.0. The fraction of sp³-hybridized carbons (Fsp3) is 0.706. The number of ether oxygens (including phenoxy) is 1. The molecule has 2 amide bonds. The minimum atomic E-state index is -0.0972. The van der Waals surface area contributed by atoms with Crippen molar-refractivity contribution in [2.75, 3.05) is 26.2 Å². The fourth-order valence-electron chi connectivity index (χ4n) is 4.21. The van der Waals surface area contributed by atoms with Crippen LogP contribution in [-0.4, -0.2) is 65.2 Å². The van der Waals surface area contributed by atoms with Gasteiger partial charge in [-0.25, -0.2) is 0 Å². The maximum absolute atomic E-state index is 12.7. The molecule has 2 aliphatic heterocycles. The van der Waals surface area contributed by atoms with Crippen LogP contribution < -0.4 is 0 Å². The summed E-state index contributed by atoms with van der Waals surface area (Å²) in [6.07, 6.45) is 6.29. The molecule has 24 heavy (non-hydrogen) atoms. The topological polar surface area (TPSA) is 75.9 Å². The Morgan fingerprint density at radius 2 is 2.12 bits per heavy atom. The molecule has 1 aromatic heterocycles. The summed E-state index contributed by atoms with van der Waals surface area (Å²) in [5, 5.41) is 3.68. The molecule has 3 aliphatic rings. The van der Waals surface area contributed by atoms with E-state index in [1.807, 2.05) is 4.90 Å². The quantitative estimate of drug-likeness (QED) is 0.831. The number of fused-ring (bicyclic) bond motifs is 1. The van der Waals surface area contributed by atoms with Crippen molar-refractivity contribution in [1.29, 1.82) is 0 Å². The standard InChI is InChI=1S/C17H23N3O4/c1-11-13(6-18-24-11)17(22)19-8-14-15(9-19)23-10-16(21)20(14)7-12-4-2-3-5-12/h6,12,14-15H,2-5,7-10H2,1H3/t14-,15-/m1/s1. The van der Waals surface area contributed by atoms with Gasteiger partial charge in [-0.05, 0) is 25.7 Å². The van der Waals surface area contributed by atoms with Crippen LogP contribution in [0.3, 0.4) is 0 Å². The Hall–Kier alpha value is -1.89. The van der Waals surface area contributed by atoms with Gasteiger partial charge in [-0.3, -0.25) is 9.59 Å². The van der Waals surface area contributed by atoms with Crippen LogP contribution in [0.4, 0.5) is 0 Å². The third-order valence-electron chi connectivity index (χ3n) is 5.58. The molecule has 7 nitrogen and oxygen atoms in total. The van der Waals surface area contributed by atoms with Crippen LogP contribution in [-0.2, 0) is 9.53 Å². The van der Waals surface area contributed by atoms with Gasteiger partial charge in [0.25, 0.3) is 5.91 Å². The number of carbonyl (C=O) groups is 2. The predicted molar refractivity (Wildman–Crippen MR) is 84.3 cm³/mol. The molecule has 4 rings (SSSR count). The van der Waals surface area contributed by atoms with Crippen molar-refractivity contribution < 1.29 is 18.8 Å². The highest BCUT2D eigenvalue weighted by Gasteiger charge is 2.45. The molecule has 0 unspecified atom stereocenters. The van der Waals surface area contributed by atoms with Crippen molar-refractivity contribution in [2.45, 2.75) is 44.8 Å². The predicted octanol–water partition coefficient (Wildman–Crippen LogP) is 1.23. The summed E-state index contributed by atoms with van der Waals surface area (Å²) >= 11 is 0. The number of likely N-dealkylation sites (tertiary alicyclic amines) is 1. The van der Waals surface area contributed by atoms with Crippen molar-refractivity contribution in [2.24, 2.45) is 5.92 Å². The van der Waals surface area contributed by atoms with Gasteiger partial charge in [-0.15, -0.1) is 0 Å². The Bertz CT molecular complexity index is 638. The normalized spacial score (nSPS) is 27.8. The van der Waals surface area contributed by atoms with E-state index in [9.17, 15) is 9.59 Å². The van der Waals surface area contributed by atoms with Crippen LogP contribution in [0.2, 0.25) is 0 Å². The highest BCUT2D eigenvalue weighted by Crippen LogP contribution is 2.30. The van der Waals surface area contributed by atoms with Gasteiger partial charge in [0, 0.05) is 19.6 Å². The second-order valence-corrected chi connectivity index (χ2v) is 7.12. The van der Waals surface area contributed by atoms with Crippen LogP contribution in [0.5, 0.6) is 0 Å². The maximum Gasteiger partial charge on any atom is 0.259 e. The molecule has 3 fully saturated rings. The number of nitrogens with zero attached hydrogens (tertiary/aromatic N) is 3. The molecular formula is C17H23N3O4. The third-order valence-corrected chi connectivity index (χ3v) is 5.58. The number of rotatable bonds is 3. The fourth-order valence-corrected chi connectivity index (χ4v) is 4.21. The second-order valence-electron chi connectivity index (χ2n) is 7.12. The van der Waals surface area contributed by atoms with Crippen molar-refractivity contribution in [1.82, 2.24) is 15.0 Å². The van der Waals surface area contributed by atoms with E-state index in [0.29, 0.717) is 30.3 Å². The van der Waals surface area contributed by atoms with E-state index < -0.39 is 0 Å². The van der Waals surface area contributed by atoms with Gasteiger partial charge in [0.1, 0.15) is 17.9 Å². The molecule has 2 atom stereocenters. The van der Waals surface area contributed by atoms with Crippen molar-refractivity contribution in [3.63, 3.8) is 0 Å². The first-order valence-electron chi connectivity index (χ1n) is 8.75. The number of morpholine rings is 1. The van der Waals surface area contributed by atoms with Gasteiger partial charge in [-0.1, -0.05) is 18.0 Å². The summed E-state index contributed by atoms with van der Waals surface area (Å²) in [4.78, 5) is 28.8. The summed E-state index contributed by atoms with van der Waals surface area (Å²) in [6, 6.07) is -0.0315. The van der Waals surface area contributed by atoms with Gasteiger partial charge in [0.05, 0.1) is 18.3 Å². The van der Waals surface area contributed by atoms with Gasteiger partial charge in [0.15, 0.2) is 0 Å². The summed E-state index contributed by atoms with van der Waals surface area (Å²) in [7, 11) is 0. The van der Waals surface area contributed by atoms with Gasteiger partial charge in [0.2, 0.25) is 5.91 Å². The maximum atomic E-state index is 12.7. The molecule has 0 radical (unpaired) electrons. The molecule has 130 valence electrons. The Kier molecular flexibility index (Phi) is 4.04. The molecule has 0 spiro atoms. The summed E-state index contributed by atoms with van der Waals surface area (Å²) in [6.45, 7) is 3.70. The Balaban J connectivity index is 1.48. The van der Waals surface area contributed by atoms with Crippen molar-refractivity contribution in [3.8, 4) is 0 Å². The Labute approximate surface area is 140 Å². The lowest BCUT2D eigenvalue weighted by molar-refractivity contribution is -0.153. The minimum Gasteiger partial charge on any atom is -0.364 e. The zero-order valence-corrected chi connectivity index (χ0v) is 13.9. The van der Waals surface area contributed by atoms with Gasteiger partial charge < -0.3 is 19.1 Å². The Morgan fingerprint density at radius 3 is 2.83 bits per heavy atom. The van der Waals surface area contributed by atoms with Crippen LogP contribution >= 0.6 is 0 Å². The lowest BCUT2D eigenvalue weighted by Gasteiger charge is -2.38. The van der Waals surface area contributed by atoms with E-state index in [4.69, 9.17) is 9.26 Å². The average molecular weight is 333 g/mol. The zero-order chi connectivity index (χ0) is 16.7. The van der Waals surface area contributed by atoms with Crippen LogP contribution in [0.15, 0.2) is 10.7 Å². The number of carbonyl (C=O) groups excluding carboxylic acids is 2. The second kappa shape index (κ2) is 6.20. The van der Waals surface area contributed by atoms with Gasteiger partial charge >= 0.3 is 0 Å². The van der Waals surface area contributed by atoms with E-state index in [2.05, 4.69) is 5.16 Å². The number of aryl methyl sites for hydroxylation is 1. The van der Waals surface area contributed by atoms with Crippen LogP contribution in [0.1, 0.15) is 41.8 Å². The van der Waals surface area contributed by atoms with Crippen molar-refractivity contribution in [3.05, 3.63) is 17.5 Å². The average Bonchev–Trinajstić information content (AvgIpc) is 3.29. The molecule has 7 heteroatoms. The highest BCUT2D eigenvalue weighted by molar-refractivity contribution is 5.95. The van der Waals surface area contributed by atoms with E-state index in [-0.39, 0.29) is 30.6 Å². The molecular weight excluding hydrogens is 310 g/mol.